The lowest BCUT2D eigenvalue weighted by Gasteiger charge is -2.19. The van der Waals surface area contributed by atoms with Gasteiger partial charge in [-0.15, -0.1) is 0 Å². The largest absolute Gasteiger partial charge is 0.468 e. The molecule has 0 saturated heterocycles. The van der Waals surface area contributed by atoms with Crippen molar-refractivity contribution in [3.8, 4) is 0 Å². The molecule has 0 aliphatic carbocycles. The second-order valence-corrected chi connectivity index (χ2v) is 4.85. The average Bonchev–Trinajstić information content (AvgIpc) is 2.12. The first-order valence-electron chi connectivity index (χ1n) is 4.09. The molecule has 0 aliphatic rings. The third kappa shape index (κ3) is 4.08. The smallest absolute Gasteiger partial charge is 0.350 e. The maximum absolute atomic E-state index is 12.0. The predicted molar refractivity (Wildman–Crippen MR) is 48.7 cm³/mol. The van der Waals surface area contributed by atoms with Gasteiger partial charge in [-0.2, -0.15) is 13.5 Å². The number of hydrogen-bond acceptors (Lipinski definition) is 4. The number of ether oxygens (including phenoxy) is 1. The molecule has 0 heterocycles. The van der Waals surface area contributed by atoms with Crippen LogP contribution in [0, 0.1) is 5.92 Å². The van der Waals surface area contributed by atoms with Gasteiger partial charge in [0.15, 0.2) is 0 Å². The topological polar surface area (TPSA) is 72.5 Å². The fourth-order valence-electron chi connectivity index (χ4n) is 0.812. The van der Waals surface area contributed by atoms with Crippen molar-refractivity contribution in [2.24, 2.45) is 5.92 Å². The minimum absolute atomic E-state index is 0.481. The molecule has 0 aromatic heterocycles. The lowest BCUT2D eigenvalue weighted by Crippen LogP contribution is -2.46. The van der Waals surface area contributed by atoms with Gasteiger partial charge < -0.3 is 4.74 Å². The number of methoxy groups -OCH3 is 1. The summed E-state index contributed by atoms with van der Waals surface area (Å²) in [6.45, 7) is 3.02. The van der Waals surface area contributed by atoms with Crippen molar-refractivity contribution in [2.45, 2.75) is 25.6 Å². The van der Waals surface area contributed by atoms with E-state index in [9.17, 15) is 22.0 Å². The third-order valence-electron chi connectivity index (χ3n) is 1.65. The first-order valence-corrected chi connectivity index (χ1v) is 5.64. The number of esters is 1. The zero-order valence-corrected chi connectivity index (χ0v) is 9.35. The summed E-state index contributed by atoms with van der Waals surface area (Å²) >= 11 is 0. The quantitative estimate of drug-likeness (QED) is 0.708. The summed E-state index contributed by atoms with van der Waals surface area (Å²) in [5.41, 5.74) is 0. The van der Waals surface area contributed by atoms with E-state index >= 15 is 0 Å². The maximum atomic E-state index is 12.0. The number of carbonyl (C=O) groups is 1. The molecular formula is C7H13F2NO4S. The van der Waals surface area contributed by atoms with Crippen LogP contribution in [0.2, 0.25) is 0 Å². The molecule has 1 N–H and O–H groups in total. The van der Waals surface area contributed by atoms with Gasteiger partial charge in [-0.05, 0) is 5.92 Å². The minimum Gasteiger partial charge on any atom is -0.468 e. The fourth-order valence-corrected chi connectivity index (χ4v) is 1.64. The molecule has 15 heavy (non-hydrogen) atoms. The molecule has 0 aromatic rings. The SMILES string of the molecule is COC(=O)C(NS(=O)(=O)C(F)F)C(C)C. The number of nitrogens with one attached hydrogen (secondary N) is 1. The normalized spacial score (nSPS) is 14.3. The molecule has 0 aromatic carbocycles. The first-order chi connectivity index (χ1) is 6.72. The van der Waals surface area contributed by atoms with E-state index < -0.39 is 33.7 Å². The molecule has 1 atom stereocenters. The van der Waals surface area contributed by atoms with Crippen molar-refractivity contribution in [1.29, 1.82) is 0 Å². The van der Waals surface area contributed by atoms with Crippen LogP contribution in [0.4, 0.5) is 8.78 Å². The van der Waals surface area contributed by atoms with Crippen LogP contribution in [0.1, 0.15) is 13.8 Å². The highest BCUT2D eigenvalue weighted by molar-refractivity contribution is 7.89. The van der Waals surface area contributed by atoms with Gasteiger partial charge in [0.1, 0.15) is 6.04 Å². The monoisotopic (exact) mass is 245 g/mol. The molecule has 5 nitrogen and oxygen atoms in total. The van der Waals surface area contributed by atoms with E-state index in [4.69, 9.17) is 0 Å². The highest BCUT2D eigenvalue weighted by Crippen LogP contribution is 2.09. The summed E-state index contributed by atoms with van der Waals surface area (Å²) < 4.78 is 51.5. The molecule has 0 aliphatic heterocycles. The number of hydrogen-bond donors (Lipinski definition) is 1. The summed E-state index contributed by atoms with van der Waals surface area (Å²) in [7, 11) is -3.73. The zero-order chi connectivity index (χ0) is 12.2. The Kier molecular flexibility index (Phi) is 5.09. The Morgan fingerprint density at radius 2 is 1.80 bits per heavy atom. The van der Waals surface area contributed by atoms with E-state index in [0.717, 1.165) is 7.11 Å². The van der Waals surface area contributed by atoms with Gasteiger partial charge >= 0.3 is 11.7 Å². The summed E-state index contributed by atoms with van der Waals surface area (Å²) in [5.74, 6) is -4.94. The van der Waals surface area contributed by atoms with E-state index in [2.05, 4.69) is 4.74 Å². The number of sulfonamides is 1. The second kappa shape index (κ2) is 5.36. The summed E-state index contributed by atoms with van der Waals surface area (Å²) in [6, 6.07) is -1.30. The molecule has 1 unspecified atom stereocenters. The Labute approximate surface area is 86.8 Å². The van der Waals surface area contributed by atoms with Crippen molar-refractivity contribution in [3.63, 3.8) is 0 Å². The molecule has 8 heteroatoms. The Bertz CT molecular complexity index is 315. The van der Waals surface area contributed by atoms with Crippen LogP contribution in [0.3, 0.4) is 0 Å². The standard InChI is InChI=1S/C7H13F2NO4S/c1-4(2)5(6(11)14-3)10-15(12,13)7(8)9/h4-5,7,10H,1-3H3. The van der Waals surface area contributed by atoms with E-state index in [1.54, 1.807) is 4.72 Å². The van der Waals surface area contributed by atoms with Crippen molar-refractivity contribution in [3.05, 3.63) is 0 Å². The minimum atomic E-state index is -4.78. The summed E-state index contributed by atoms with van der Waals surface area (Å²) in [4.78, 5) is 11.1. The van der Waals surface area contributed by atoms with Gasteiger partial charge in [-0.25, -0.2) is 8.42 Å². The Morgan fingerprint density at radius 3 is 2.07 bits per heavy atom. The van der Waals surface area contributed by atoms with E-state index in [-0.39, 0.29) is 0 Å². The second-order valence-electron chi connectivity index (χ2n) is 3.17. The predicted octanol–water partition coefficient (Wildman–Crippen LogP) is 0.326. The Morgan fingerprint density at radius 1 is 1.33 bits per heavy atom. The van der Waals surface area contributed by atoms with Crippen LogP contribution in [0.5, 0.6) is 0 Å². The van der Waals surface area contributed by atoms with Gasteiger partial charge in [0.2, 0.25) is 0 Å². The van der Waals surface area contributed by atoms with Crippen LogP contribution in [0.15, 0.2) is 0 Å². The molecule has 0 rings (SSSR count). The number of rotatable bonds is 5. The molecule has 0 saturated carbocycles. The highest BCUT2D eigenvalue weighted by Gasteiger charge is 2.33. The van der Waals surface area contributed by atoms with Crippen LogP contribution < -0.4 is 4.72 Å². The molecule has 0 bridgehead atoms. The van der Waals surface area contributed by atoms with Gasteiger partial charge in [0.25, 0.3) is 10.0 Å². The summed E-state index contributed by atoms with van der Waals surface area (Å²) in [5, 5.41) is 0. The van der Waals surface area contributed by atoms with Crippen molar-refractivity contribution in [1.82, 2.24) is 4.72 Å². The molecule has 0 spiro atoms. The molecule has 90 valence electrons. The third-order valence-corrected chi connectivity index (χ3v) is 2.70. The zero-order valence-electron chi connectivity index (χ0n) is 8.53. The Balaban J connectivity index is 4.78. The lowest BCUT2D eigenvalue weighted by molar-refractivity contribution is -0.143. The van der Waals surface area contributed by atoms with E-state index in [1.165, 1.54) is 13.8 Å². The van der Waals surface area contributed by atoms with Gasteiger partial charge in [0, 0.05) is 0 Å². The maximum Gasteiger partial charge on any atom is 0.350 e. The van der Waals surface area contributed by atoms with Crippen LogP contribution >= 0.6 is 0 Å². The summed E-state index contributed by atoms with van der Waals surface area (Å²) in [6.07, 6.45) is 0. The van der Waals surface area contributed by atoms with E-state index in [0.29, 0.717) is 0 Å². The fraction of sp³-hybridized carbons (Fsp3) is 0.857. The van der Waals surface area contributed by atoms with Crippen LogP contribution in [-0.4, -0.2) is 33.3 Å². The molecule has 0 radical (unpaired) electrons. The van der Waals surface area contributed by atoms with Crippen molar-refractivity contribution < 1.29 is 26.7 Å². The van der Waals surface area contributed by atoms with Crippen molar-refractivity contribution >= 4 is 16.0 Å². The van der Waals surface area contributed by atoms with Gasteiger partial charge in [-0.3, -0.25) is 4.79 Å². The average molecular weight is 245 g/mol. The van der Waals surface area contributed by atoms with Crippen molar-refractivity contribution in [2.75, 3.05) is 7.11 Å². The Hall–Kier alpha value is -0.760. The highest BCUT2D eigenvalue weighted by atomic mass is 32.2. The van der Waals surface area contributed by atoms with Gasteiger partial charge in [-0.1, -0.05) is 13.8 Å². The number of halogens is 2. The number of alkyl halides is 2. The van der Waals surface area contributed by atoms with Gasteiger partial charge in [0.05, 0.1) is 7.11 Å². The molecule has 0 amide bonds. The first kappa shape index (κ1) is 14.2. The number of carbonyl (C=O) groups excluding carboxylic acids is 1. The molecular weight excluding hydrogens is 232 g/mol. The van der Waals surface area contributed by atoms with Crippen LogP contribution in [-0.2, 0) is 19.6 Å². The molecule has 0 fully saturated rings. The van der Waals surface area contributed by atoms with Crippen LogP contribution in [0.25, 0.3) is 0 Å². The van der Waals surface area contributed by atoms with E-state index in [1.807, 2.05) is 0 Å². The lowest BCUT2D eigenvalue weighted by atomic mass is 10.1.